The van der Waals surface area contributed by atoms with E-state index in [0.717, 1.165) is 25.0 Å². The zero-order chi connectivity index (χ0) is 19.8. The average Bonchev–Trinajstić information content (AvgIpc) is 2.63. The fourth-order valence-electron chi connectivity index (χ4n) is 1.93. The molecule has 9 heteroatoms. The van der Waals surface area contributed by atoms with Crippen molar-refractivity contribution >= 4 is 41.1 Å². The van der Waals surface area contributed by atoms with Crippen LogP contribution in [0.1, 0.15) is 65.2 Å². The Labute approximate surface area is 166 Å². The monoisotopic (exact) mass is 407 g/mol. The van der Waals surface area contributed by atoms with Crippen LogP contribution in [-0.4, -0.2) is 52.8 Å². The summed E-state index contributed by atoms with van der Waals surface area (Å²) in [4.78, 5) is 28.4. The Bertz CT molecular complexity index is 436. The van der Waals surface area contributed by atoms with Gasteiger partial charge in [0.2, 0.25) is 0 Å². The molecule has 0 bridgehead atoms. The third-order valence-electron chi connectivity index (χ3n) is 3.53. The van der Waals surface area contributed by atoms with Crippen LogP contribution in [0.5, 0.6) is 0 Å². The third kappa shape index (κ3) is 13.2. The van der Waals surface area contributed by atoms with Crippen molar-refractivity contribution in [1.82, 2.24) is 8.61 Å². The molecule has 0 unspecified atom stereocenters. The van der Waals surface area contributed by atoms with Crippen LogP contribution in [0.3, 0.4) is 0 Å². The Kier molecular flexibility index (Phi) is 15.4. The predicted octanol–water partition coefficient (Wildman–Crippen LogP) is 5.52. The molecule has 0 spiro atoms. The SMILES string of the molecule is CCCCCCCCCCOC(=O)N(C)SN(C)C(=O)O/N=C(/C)SC. The Hall–Kier alpha value is -1.09. The van der Waals surface area contributed by atoms with Crippen molar-refractivity contribution in [3.05, 3.63) is 0 Å². The number of carbonyl (C=O) groups is 2. The van der Waals surface area contributed by atoms with E-state index in [9.17, 15) is 9.59 Å². The highest BCUT2D eigenvalue weighted by Gasteiger charge is 2.19. The van der Waals surface area contributed by atoms with Crippen LogP contribution < -0.4 is 0 Å². The van der Waals surface area contributed by atoms with Gasteiger partial charge in [-0.3, -0.25) is 4.84 Å². The summed E-state index contributed by atoms with van der Waals surface area (Å²) in [5.74, 6) is 0. The Morgan fingerprint density at radius 2 is 1.46 bits per heavy atom. The zero-order valence-electron chi connectivity index (χ0n) is 16.7. The van der Waals surface area contributed by atoms with Crippen molar-refractivity contribution in [3.8, 4) is 0 Å². The van der Waals surface area contributed by atoms with Crippen molar-refractivity contribution in [2.75, 3.05) is 27.0 Å². The Morgan fingerprint density at radius 1 is 0.923 bits per heavy atom. The lowest BCUT2D eigenvalue weighted by Gasteiger charge is -2.20. The first-order valence-corrected chi connectivity index (χ1v) is 11.0. The molecule has 0 rings (SSSR count). The van der Waals surface area contributed by atoms with E-state index in [0.29, 0.717) is 11.7 Å². The van der Waals surface area contributed by atoms with Gasteiger partial charge in [0.1, 0.15) is 5.04 Å². The van der Waals surface area contributed by atoms with Gasteiger partial charge in [-0.15, -0.1) is 11.8 Å². The standard InChI is InChI=1S/C17H33N3O4S2/c1-6-7-8-9-10-11-12-13-14-23-16(21)19(3)26-20(4)17(22)24-18-15(2)25-5/h6-14H2,1-5H3/b18-15-. The first-order chi connectivity index (χ1) is 12.4. The van der Waals surface area contributed by atoms with E-state index in [1.54, 1.807) is 14.0 Å². The van der Waals surface area contributed by atoms with Crippen LogP contribution in [0, 0.1) is 0 Å². The maximum Gasteiger partial charge on any atom is 0.447 e. The van der Waals surface area contributed by atoms with Crippen molar-refractivity contribution in [2.45, 2.75) is 65.2 Å². The molecule has 7 nitrogen and oxygen atoms in total. The second kappa shape index (κ2) is 16.1. The van der Waals surface area contributed by atoms with Gasteiger partial charge < -0.3 is 4.74 Å². The molecule has 0 aliphatic heterocycles. The van der Waals surface area contributed by atoms with Crippen LogP contribution in [0.2, 0.25) is 0 Å². The number of nitrogens with zero attached hydrogens (tertiary/aromatic N) is 3. The third-order valence-corrected chi connectivity index (χ3v) is 4.98. The summed E-state index contributed by atoms with van der Waals surface area (Å²) in [6.45, 7) is 4.34. The summed E-state index contributed by atoms with van der Waals surface area (Å²) in [7, 11) is 3.04. The van der Waals surface area contributed by atoms with Gasteiger partial charge in [-0.2, -0.15) is 0 Å². The number of oxime groups is 1. The largest absolute Gasteiger partial charge is 0.449 e. The fourth-order valence-corrected chi connectivity index (χ4v) is 2.63. The molecule has 0 aliphatic carbocycles. The molecule has 0 aromatic heterocycles. The molecule has 0 fully saturated rings. The molecular formula is C17H33N3O4S2. The molecule has 0 aromatic carbocycles. The summed E-state index contributed by atoms with van der Waals surface area (Å²) >= 11 is 2.28. The van der Waals surface area contributed by atoms with Crippen LogP contribution in [0.4, 0.5) is 9.59 Å². The minimum atomic E-state index is -0.661. The van der Waals surface area contributed by atoms with Crippen molar-refractivity contribution in [2.24, 2.45) is 5.16 Å². The topological polar surface area (TPSA) is 71.4 Å². The molecule has 0 saturated carbocycles. The molecule has 0 N–H and O–H groups in total. The van der Waals surface area contributed by atoms with Gasteiger partial charge in [0.25, 0.3) is 0 Å². The number of rotatable bonds is 12. The number of thioether (sulfide) groups is 1. The number of unbranched alkanes of at least 4 members (excludes halogenated alkanes) is 7. The lowest BCUT2D eigenvalue weighted by atomic mass is 10.1. The minimum absolute atomic E-state index is 0.393. The number of hydrogen-bond donors (Lipinski definition) is 0. The summed E-state index contributed by atoms with van der Waals surface area (Å²) in [5.41, 5.74) is 0. The maximum absolute atomic E-state index is 11.9. The first kappa shape index (κ1) is 24.9. The van der Waals surface area contributed by atoms with Gasteiger partial charge in [0.15, 0.2) is 0 Å². The maximum atomic E-state index is 11.9. The van der Waals surface area contributed by atoms with Gasteiger partial charge in [-0.1, -0.05) is 57.0 Å². The summed E-state index contributed by atoms with van der Waals surface area (Å²) in [6, 6.07) is 0. The van der Waals surface area contributed by atoms with E-state index >= 15 is 0 Å². The molecule has 0 aromatic rings. The number of carbonyl (C=O) groups excluding carboxylic acids is 2. The second-order valence-corrected chi connectivity index (χ2v) is 8.10. The second-order valence-electron chi connectivity index (χ2n) is 5.84. The molecule has 26 heavy (non-hydrogen) atoms. The van der Waals surface area contributed by atoms with E-state index in [2.05, 4.69) is 12.1 Å². The smallest absolute Gasteiger partial charge is 0.447 e. The summed E-state index contributed by atoms with van der Waals surface area (Å²) in [6.07, 6.45) is 10.2. The molecule has 0 radical (unpaired) electrons. The normalized spacial score (nSPS) is 11.2. The molecular weight excluding hydrogens is 374 g/mol. The Morgan fingerprint density at radius 3 is 2.04 bits per heavy atom. The number of hydrogen-bond acceptors (Lipinski definition) is 7. The highest BCUT2D eigenvalue weighted by Crippen LogP contribution is 2.15. The van der Waals surface area contributed by atoms with Crippen molar-refractivity contribution < 1.29 is 19.2 Å². The molecule has 2 amide bonds. The number of amides is 2. The predicted molar refractivity (Wildman–Crippen MR) is 110 cm³/mol. The molecule has 0 saturated heterocycles. The fraction of sp³-hybridized carbons (Fsp3) is 0.824. The summed E-state index contributed by atoms with van der Waals surface area (Å²) in [5, 5.41) is 4.29. The van der Waals surface area contributed by atoms with E-state index in [-0.39, 0.29) is 0 Å². The molecule has 152 valence electrons. The molecule has 0 aliphatic rings. The first-order valence-electron chi connectivity index (χ1n) is 9.04. The van der Waals surface area contributed by atoms with Crippen LogP contribution in [0.25, 0.3) is 0 Å². The van der Waals surface area contributed by atoms with E-state index in [1.807, 2.05) is 6.26 Å². The Balaban J connectivity index is 3.83. The van der Waals surface area contributed by atoms with Gasteiger partial charge in [-0.05, 0) is 19.6 Å². The van der Waals surface area contributed by atoms with Gasteiger partial charge >= 0.3 is 12.2 Å². The summed E-state index contributed by atoms with van der Waals surface area (Å²) < 4.78 is 7.62. The van der Waals surface area contributed by atoms with Crippen molar-refractivity contribution in [3.63, 3.8) is 0 Å². The van der Waals surface area contributed by atoms with Gasteiger partial charge in [0.05, 0.1) is 18.7 Å². The zero-order valence-corrected chi connectivity index (χ0v) is 18.3. The lowest BCUT2D eigenvalue weighted by molar-refractivity contribution is 0.127. The highest BCUT2D eigenvalue weighted by atomic mass is 32.2. The average molecular weight is 408 g/mol. The van der Waals surface area contributed by atoms with Crippen LogP contribution in [0.15, 0.2) is 5.16 Å². The van der Waals surface area contributed by atoms with E-state index in [1.165, 1.54) is 65.9 Å². The lowest BCUT2D eigenvalue weighted by Crippen LogP contribution is -2.29. The van der Waals surface area contributed by atoms with E-state index in [4.69, 9.17) is 9.57 Å². The van der Waals surface area contributed by atoms with Crippen LogP contribution in [-0.2, 0) is 9.57 Å². The minimum Gasteiger partial charge on any atom is -0.449 e. The molecule has 0 heterocycles. The highest BCUT2D eigenvalue weighted by molar-refractivity contribution is 8.13. The molecule has 0 atom stereocenters. The van der Waals surface area contributed by atoms with Gasteiger partial charge in [-0.25, -0.2) is 18.2 Å². The van der Waals surface area contributed by atoms with Crippen LogP contribution >= 0.6 is 23.9 Å². The number of ether oxygens (including phenoxy) is 1. The quantitative estimate of drug-likeness (QED) is 0.106. The van der Waals surface area contributed by atoms with Gasteiger partial charge in [0, 0.05) is 14.1 Å². The van der Waals surface area contributed by atoms with Crippen molar-refractivity contribution in [1.29, 1.82) is 0 Å². The van der Waals surface area contributed by atoms with E-state index < -0.39 is 12.2 Å².